The quantitative estimate of drug-likeness (QED) is 0.0746. The predicted octanol–water partition coefficient (Wildman–Crippen LogP) is 8.14. The Bertz CT molecular complexity index is 4280. The Morgan fingerprint density at radius 3 is 1.40 bits per heavy atom. The lowest BCUT2D eigenvalue weighted by atomic mass is 10.2. The van der Waals surface area contributed by atoms with Crippen molar-refractivity contribution in [1.29, 1.82) is 0 Å². The van der Waals surface area contributed by atoms with Crippen LogP contribution in [0, 0.1) is 0 Å². The number of nitrogens with two attached hydrogens (primary N) is 1. The lowest BCUT2D eigenvalue weighted by molar-refractivity contribution is 0.181. The van der Waals surface area contributed by atoms with Crippen molar-refractivity contribution in [1.82, 2.24) is 56.5 Å². The molecule has 6 heterocycles. The first-order valence-corrected chi connectivity index (χ1v) is 30.1. The van der Waals surface area contributed by atoms with Crippen molar-refractivity contribution < 1.29 is 10.2 Å². The second kappa shape index (κ2) is 28.0. The fraction of sp³-hybridized carbons (Fsp3) is 0.365. The highest BCUT2D eigenvalue weighted by Gasteiger charge is 2.26. The van der Waals surface area contributed by atoms with Crippen molar-refractivity contribution in [3.8, 4) is 0 Å². The second-order valence-corrected chi connectivity index (χ2v) is 24.0. The van der Waals surface area contributed by atoms with Gasteiger partial charge in [0.15, 0.2) is 37.3 Å². The molecule has 444 valence electrons. The van der Waals surface area contributed by atoms with Gasteiger partial charge < -0.3 is 30.4 Å². The van der Waals surface area contributed by atoms with E-state index < -0.39 is 33.7 Å². The summed E-state index contributed by atoms with van der Waals surface area (Å²) in [7, 11) is 9.99. The summed E-state index contributed by atoms with van der Waals surface area (Å²) in [6.07, 6.45) is 4.47. The molecule has 0 bridgehead atoms. The van der Waals surface area contributed by atoms with E-state index in [-0.39, 0.29) is 53.9 Å². The van der Waals surface area contributed by atoms with Gasteiger partial charge in [-0.05, 0) is 123 Å². The van der Waals surface area contributed by atoms with Gasteiger partial charge in [0.2, 0.25) is 5.95 Å². The number of H-pyrrole nitrogens is 1. The number of alkyl halides is 1. The highest BCUT2D eigenvalue weighted by Crippen LogP contribution is 2.27. The maximum Gasteiger partial charge on any atom is 0.332 e. The molecule has 6 N–H and O–H groups in total. The van der Waals surface area contributed by atoms with Crippen LogP contribution in [0.5, 0.6) is 0 Å². The molecule has 2 fully saturated rings. The van der Waals surface area contributed by atoms with Crippen LogP contribution in [0.3, 0.4) is 0 Å². The van der Waals surface area contributed by atoms with Gasteiger partial charge in [0.25, 0.3) is 16.7 Å². The van der Waals surface area contributed by atoms with Crippen LogP contribution in [0.1, 0.15) is 55.2 Å². The number of imidazole rings is 3. The van der Waals surface area contributed by atoms with Crippen molar-refractivity contribution in [3.63, 3.8) is 0 Å². The molecule has 0 spiro atoms. The monoisotopic (exact) mass is 1450 g/mol. The molecule has 0 radical (unpaired) electrons. The molecule has 6 aromatic heterocycles. The number of aromatic amines is 1. The smallest absolute Gasteiger partial charge is 0.332 e. The number of fused-ring (bicyclic) bond motifs is 3. The lowest BCUT2D eigenvalue weighted by Gasteiger charge is -2.13. The van der Waals surface area contributed by atoms with Crippen LogP contribution in [-0.4, -0.2) is 91.0 Å². The van der Waals surface area contributed by atoms with E-state index in [9.17, 15) is 33.9 Å². The van der Waals surface area contributed by atoms with E-state index in [1.165, 1.54) is 13.7 Å². The van der Waals surface area contributed by atoms with Gasteiger partial charge in [-0.15, -0.1) is 0 Å². The molecule has 4 atom stereocenters. The number of hydrogen-bond acceptors (Lipinski definition) is 13. The third kappa shape index (κ3) is 15.0. The number of rotatable bonds is 7. The van der Waals surface area contributed by atoms with Gasteiger partial charge in [0.05, 0.1) is 55.4 Å². The Morgan fingerprint density at radius 2 is 0.976 bits per heavy atom. The van der Waals surface area contributed by atoms with Crippen LogP contribution < -0.4 is 44.8 Å². The third-order valence-electron chi connectivity index (χ3n) is 13.7. The van der Waals surface area contributed by atoms with Crippen molar-refractivity contribution in [2.75, 3.05) is 5.32 Å². The minimum absolute atomic E-state index is 0.0620. The van der Waals surface area contributed by atoms with Gasteiger partial charge in [-0.3, -0.25) is 46.8 Å². The molecule has 31 heteroatoms. The fourth-order valence-corrected chi connectivity index (χ4v) is 11.3. The first kappa shape index (κ1) is 65.5. The molecule has 83 heavy (non-hydrogen) atoms. The number of nitrogens with one attached hydrogen (secondary N) is 2. The Morgan fingerprint density at radius 1 is 0.554 bits per heavy atom. The fourth-order valence-electron chi connectivity index (χ4n) is 9.25. The summed E-state index contributed by atoms with van der Waals surface area (Å²) < 4.78 is 12.4. The lowest BCUT2D eigenvalue weighted by Crippen LogP contribution is -2.39. The number of hydrogen-bond donors (Lipinski definition) is 5. The maximum atomic E-state index is 13.1. The molecule has 3 aromatic carbocycles. The number of aryl methyl sites for hydroxylation is 6. The Balaban J connectivity index is 0.000000162. The number of aromatic nitrogens is 12. The van der Waals surface area contributed by atoms with E-state index in [1.807, 2.05) is 12.1 Å². The van der Waals surface area contributed by atoms with Gasteiger partial charge in [0.1, 0.15) is 5.65 Å². The first-order chi connectivity index (χ1) is 39.1. The molecule has 0 saturated heterocycles. The molecule has 2 aliphatic carbocycles. The van der Waals surface area contributed by atoms with Crippen molar-refractivity contribution in [2.24, 2.45) is 48.0 Å². The van der Waals surface area contributed by atoms with Crippen LogP contribution in [0.4, 0.5) is 5.95 Å². The van der Waals surface area contributed by atoms with Gasteiger partial charge in [-0.1, -0.05) is 104 Å². The molecule has 22 nitrogen and oxygen atoms in total. The van der Waals surface area contributed by atoms with Crippen LogP contribution in [0.25, 0.3) is 33.5 Å². The molecular weight excluding hydrogens is 1400 g/mol. The van der Waals surface area contributed by atoms with E-state index in [4.69, 9.17) is 80.4 Å². The number of aliphatic hydroxyl groups excluding tert-OH is 2. The van der Waals surface area contributed by atoms with Gasteiger partial charge in [0, 0.05) is 59.7 Å². The zero-order valence-electron chi connectivity index (χ0n) is 45.1. The number of benzene rings is 3. The average molecular weight is 1460 g/mol. The second-order valence-electron chi connectivity index (χ2n) is 19.6. The SMILES string of the molecule is Clc1ccc(CBr)cc1Cl.Cn1c(Br)nc2c(=O)[nH]c(=O)n(C)c21.Cn1c(Br)nc2c(=O)n(Cc3ccc(Cl)c(Cl)c3)c(=O)n(C)c21.Cn1c(N[C@@H]2CC[C@@H](O)C2)nc2c(=O)n(Cc3ccc(Cl)c(Cl)c3)c(=O)n(C)c21.N[C@@H]1CC[C@@H](O)C1. The normalized spacial score (nSPS) is 16.5. The topological polar surface area (TPSA) is 275 Å². The Kier molecular flexibility index (Phi) is 22.1. The number of anilines is 1. The Hall–Kier alpha value is -5.03. The Labute approximate surface area is 527 Å². The molecule has 2 aliphatic rings. The molecule has 0 unspecified atom stereocenters. The summed E-state index contributed by atoms with van der Waals surface area (Å²) >= 11 is 45.1. The van der Waals surface area contributed by atoms with Crippen LogP contribution >= 0.6 is 117 Å². The zero-order valence-corrected chi connectivity index (χ0v) is 54.4. The number of halogens is 9. The van der Waals surface area contributed by atoms with Gasteiger partial charge >= 0.3 is 17.1 Å². The highest BCUT2D eigenvalue weighted by molar-refractivity contribution is 9.10. The summed E-state index contributed by atoms with van der Waals surface area (Å²) in [5.41, 5.74) is 7.35. The van der Waals surface area contributed by atoms with E-state index in [0.29, 0.717) is 80.0 Å². The molecule has 2 saturated carbocycles. The molecule has 11 rings (SSSR count). The average Bonchev–Trinajstić information content (AvgIpc) is 3.20. The van der Waals surface area contributed by atoms with Crippen LogP contribution in [0.2, 0.25) is 30.1 Å². The third-order valence-corrected chi connectivity index (χ3v) is 18.0. The van der Waals surface area contributed by atoms with Gasteiger partial charge in [-0.25, -0.2) is 29.3 Å². The van der Waals surface area contributed by atoms with Crippen LogP contribution in [-0.2, 0) is 60.7 Å². The van der Waals surface area contributed by atoms with Crippen molar-refractivity contribution in [3.05, 3.63) is 173 Å². The summed E-state index contributed by atoms with van der Waals surface area (Å²) in [5.74, 6) is 0.499. The number of nitrogens with zero attached hydrogens (tertiary/aromatic N) is 11. The van der Waals surface area contributed by atoms with Crippen LogP contribution in [0.15, 0.2) is 92.8 Å². The van der Waals surface area contributed by atoms with E-state index in [1.54, 1.807) is 98.5 Å². The molecule has 9 aromatic rings. The van der Waals surface area contributed by atoms with E-state index in [2.05, 4.69) is 73.0 Å². The largest absolute Gasteiger partial charge is 0.393 e. The van der Waals surface area contributed by atoms with Gasteiger partial charge in [-0.2, -0.15) is 0 Å². The van der Waals surface area contributed by atoms with Crippen molar-refractivity contribution >= 4 is 157 Å². The summed E-state index contributed by atoms with van der Waals surface area (Å²) in [4.78, 5) is 88.5. The predicted molar refractivity (Wildman–Crippen MR) is 338 cm³/mol. The summed E-state index contributed by atoms with van der Waals surface area (Å²) in [6.45, 7) is 0.152. The van der Waals surface area contributed by atoms with E-state index >= 15 is 0 Å². The number of aliphatic hydroxyl groups is 2. The maximum absolute atomic E-state index is 13.1. The van der Waals surface area contributed by atoms with Crippen molar-refractivity contribution in [2.45, 2.75) is 81.2 Å². The molecular formula is C52H55Br3Cl6N14O8. The standard InChI is InChI=1S/C19H21Cl2N5O3.C14H11BrCl2N4O2.C7H5BrCl2.C7H7BrN4O2.C5H11NO/c1-24-16-15(23-18(24)22-11-4-5-12(27)8-11)17(28)26(19(29)25(16)2)9-10-3-6-13(20)14(21)7-10;1-19-11-10(18-13(19)15)12(22)21(14(23)20(11)2)6-7-3-4-8(16)9(17)5-7;8-4-5-1-2-6(9)7(10)3-5;1-11-5-3(9-6(11)8)4(13)10-7(14)12(5)2;6-4-1-2-5(7)3-4/h3,6-7,11-12,27H,4-5,8-9H2,1-2H3,(H,22,23);3-5H,6H2,1-2H3;1-3H,4H2;1-2H3,(H,10,13,14);4-5,7H,1-3,6H2/t11-,12-;;;;4-,5-/m1...1/s1. The summed E-state index contributed by atoms with van der Waals surface area (Å²) in [5, 5.41) is 25.4. The highest BCUT2D eigenvalue weighted by atomic mass is 79.9. The first-order valence-electron chi connectivity index (χ1n) is 25.2. The zero-order chi connectivity index (χ0) is 61.0. The molecule has 0 amide bonds. The summed E-state index contributed by atoms with van der Waals surface area (Å²) in [6, 6.07) is 15.9. The minimum atomic E-state index is -0.468. The molecule has 0 aliphatic heterocycles. The van der Waals surface area contributed by atoms with E-state index in [0.717, 1.165) is 52.1 Å². The minimum Gasteiger partial charge on any atom is -0.393 e.